The second kappa shape index (κ2) is 9.31. The molecule has 0 saturated carbocycles. The number of benzene rings is 2. The van der Waals surface area contributed by atoms with Gasteiger partial charge < -0.3 is 10.7 Å². The molecule has 1 fully saturated rings. The van der Waals surface area contributed by atoms with Gasteiger partial charge in [-0.15, -0.1) is 10.2 Å². The summed E-state index contributed by atoms with van der Waals surface area (Å²) in [7, 11) is -3.55. The van der Waals surface area contributed by atoms with Crippen molar-refractivity contribution >= 4 is 27.7 Å². The predicted molar refractivity (Wildman–Crippen MR) is 123 cm³/mol. The molecule has 1 aromatic heterocycles. The summed E-state index contributed by atoms with van der Waals surface area (Å²) >= 11 is 1.21. The van der Waals surface area contributed by atoms with Gasteiger partial charge in [0, 0.05) is 31.7 Å². The van der Waals surface area contributed by atoms with E-state index in [1.165, 1.54) is 20.7 Å². The Morgan fingerprint density at radius 2 is 1.66 bits per heavy atom. The third-order valence-corrected chi connectivity index (χ3v) is 8.11. The molecule has 168 valence electrons. The van der Waals surface area contributed by atoms with Gasteiger partial charge in [0.2, 0.25) is 21.1 Å². The topological polar surface area (TPSA) is 114 Å². The summed E-state index contributed by atoms with van der Waals surface area (Å²) in [6, 6.07) is 16.1. The summed E-state index contributed by atoms with van der Waals surface area (Å²) in [5.74, 6) is 6.72. The number of aromatic nitrogens is 3. The molecule has 1 saturated heterocycles. The molecule has 2 aromatic carbocycles. The number of hydrogen-bond donors (Lipinski definition) is 1. The first kappa shape index (κ1) is 22.3. The van der Waals surface area contributed by atoms with Crippen LogP contribution in [0.1, 0.15) is 5.56 Å². The highest BCUT2D eigenvalue weighted by molar-refractivity contribution is 7.99. The standard InChI is InChI=1S/C21H24N6O3S2/c1-16-7-9-17(10-8-16)20-23-24-21(27(20)22)31-15-19(28)25-11-13-26(14-12-25)32(29,30)18-5-3-2-4-6-18/h2-10H,11-15,22H2,1H3. The van der Waals surface area contributed by atoms with Crippen molar-refractivity contribution in [3.05, 3.63) is 60.2 Å². The van der Waals surface area contributed by atoms with Crippen molar-refractivity contribution in [1.29, 1.82) is 0 Å². The highest BCUT2D eigenvalue weighted by Gasteiger charge is 2.30. The number of nitrogens with zero attached hydrogens (tertiary/aromatic N) is 5. The molecule has 1 aliphatic rings. The Hall–Kier alpha value is -2.89. The van der Waals surface area contributed by atoms with Crippen molar-refractivity contribution in [2.75, 3.05) is 37.8 Å². The summed E-state index contributed by atoms with van der Waals surface area (Å²) in [6.07, 6.45) is 0. The number of nitrogens with two attached hydrogens (primary N) is 1. The first-order chi connectivity index (χ1) is 15.4. The van der Waals surface area contributed by atoms with Gasteiger partial charge in [-0.25, -0.2) is 13.1 Å². The van der Waals surface area contributed by atoms with E-state index < -0.39 is 10.0 Å². The molecule has 9 nitrogen and oxygen atoms in total. The van der Waals surface area contributed by atoms with Gasteiger partial charge in [-0.3, -0.25) is 4.79 Å². The van der Waals surface area contributed by atoms with E-state index in [2.05, 4.69) is 10.2 Å². The molecular weight excluding hydrogens is 448 g/mol. The van der Waals surface area contributed by atoms with Gasteiger partial charge in [0.25, 0.3) is 0 Å². The molecule has 2 heterocycles. The molecule has 0 aliphatic carbocycles. The number of carbonyl (C=O) groups is 1. The molecule has 2 N–H and O–H groups in total. The van der Waals surface area contributed by atoms with E-state index in [-0.39, 0.29) is 29.6 Å². The fourth-order valence-corrected chi connectivity index (χ4v) is 5.61. The number of amides is 1. The Morgan fingerprint density at radius 1 is 1.00 bits per heavy atom. The molecule has 0 unspecified atom stereocenters. The van der Waals surface area contributed by atoms with Crippen molar-refractivity contribution in [2.45, 2.75) is 17.0 Å². The average Bonchev–Trinajstić information content (AvgIpc) is 3.19. The summed E-state index contributed by atoms with van der Waals surface area (Å²) in [5, 5.41) is 8.69. The molecule has 3 aromatic rings. The number of piperazine rings is 1. The lowest BCUT2D eigenvalue weighted by molar-refractivity contribution is -0.129. The lowest BCUT2D eigenvalue weighted by Crippen LogP contribution is -2.50. The minimum atomic E-state index is -3.55. The molecular formula is C21H24N6O3S2. The van der Waals surface area contributed by atoms with Gasteiger partial charge in [-0.2, -0.15) is 4.31 Å². The zero-order valence-corrected chi connectivity index (χ0v) is 19.2. The van der Waals surface area contributed by atoms with Crippen LogP contribution in [0, 0.1) is 6.92 Å². The maximum atomic E-state index is 12.7. The molecule has 4 rings (SSSR count). The third kappa shape index (κ3) is 4.64. The Labute approximate surface area is 191 Å². The molecule has 0 bridgehead atoms. The Morgan fingerprint density at radius 3 is 2.31 bits per heavy atom. The first-order valence-corrected chi connectivity index (χ1v) is 12.5. The van der Waals surface area contributed by atoms with Gasteiger partial charge in [0.1, 0.15) is 0 Å². The second-order valence-electron chi connectivity index (χ2n) is 7.43. The predicted octanol–water partition coefficient (Wildman–Crippen LogP) is 1.59. The number of rotatable bonds is 6. The maximum Gasteiger partial charge on any atom is 0.243 e. The largest absolute Gasteiger partial charge is 0.339 e. The first-order valence-electron chi connectivity index (χ1n) is 10.1. The molecule has 0 spiro atoms. The van der Waals surface area contributed by atoms with E-state index in [0.29, 0.717) is 24.1 Å². The van der Waals surface area contributed by atoms with Crippen LogP contribution in [0.3, 0.4) is 0 Å². The highest BCUT2D eigenvalue weighted by Crippen LogP contribution is 2.23. The van der Waals surface area contributed by atoms with E-state index >= 15 is 0 Å². The molecule has 32 heavy (non-hydrogen) atoms. The van der Waals surface area contributed by atoms with Crippen molar-refractivity contribution in [3.63, 3.8) is 0 Å². The van der Waals surface area contributed by atoms with E-state index in [1.807, 2.05) is 31.2 Å². The highest BCUT2D eigenvalue weighted by atomic mass is 32.2. The average molecular weight is 473 g/mol. The number of aryl methyl sites for hydroxylation is 1. The summed E-state index contributed by atoms with van der Waals surface area (Å²) in [4.78, 5) is 14.6. The van der Waals surface area contributed by atoms with Crippen molar-refractivity contribution < 1.29 is 13.2 Å². The Bertz CT molecular complexity index is 1190. The zero-order valence-electron chi connectivity index (χ0n) is 17.6. The van der Waals surface area contributed by atoms with E-state index in [0.717, 1.165) is 11.1 Å². The summed E-state index contributed by atoms with van der Waals surface area (Å²) < 4.78 is 28.3. The normalized spacial score (nSPS) is 15.1. The van der Waals surface area contributed by atoms with Crippen molar-refractivity contribution in [3.8, 4) is 11.4 Å². The van der Waals surface area contributed by atoms with Gasteiger partial charge >= 0.3 is 0 Å². The number of carbonyl (C=O) groups excluding carboxylic acids is 1. The van der Waals surface area contributed by atoms with Crippen LogP contribution in [0.25, 0.3) is 11.4 Å². The molecule has 11 heteroatoms. The van der Waals surface area contributed by atoms with Gasteiger partial charge in [-0.05, 0) is 19.1 Å². The van der Waals surface area contributed by atoms with Gasteiger partial charge in [0.15, 0.2) is 5.82 Å². The van der Waals surface area contributed by atoms with Crippen LogP contribution in [0.15, 0.2) is 64.6 Å². The van der Waals surface area contributed by atoms with Crippen molar-refractivity contribution in [1.82, 2.24) is 24.1 Å². The van der Waals surface area contributed by atoms with Crippen LogP contribution in [0.5, 0.6) is 0 Å². The Kier molecular flexibility index (Phi) is 6.49. The zero-order chi connectivity index (χ0) is 22.7. The minimum Gasteiger partial charge on any atom is -0.339 e. The fraction of sp³-hybridized carbons (Fsp3) is 0.286. The molecule has 0 radical (unpaired) electrons. The van der Waals surface area contributed by atoms with Crippen LogP contribution in [0.2, 0.25) is 0 Å². The van der Waals surface area contributed by atoms with Crippen molar-refractivity contribution in [2.24, 2.45) is 0 Å². The molecule has 0 atom stereocenters. The lowest BCUT2D eigenvalue weighted by atomic mass is 10.1. The fourth-order valence-electron chi connectivity index (χ4n) is 3.41. The number of hydrogen-bond acceptors (Lipinski definition) is 7. The number of thioether (sulfide) groups is 1. The minimum absolute atomic E-state index is 0.0911. The van der Waals surface area contributed by atoms with Crippen LogP contribution in [-0.4, -0.2) is 70.3 Å². The van der Waals surface area contributed by atoms with Crippen LogP contribution in [-0.2, 0) is 14.8 Å². The van der Waals surface area contributed by atoms with Crippen LogP contribution in [0.4, 0.5) is 0 Å². The summed E-state index contributed by atoms with van der Waals surface area (Å²) in [6.45, 7) is 3.21. The number of sulfonamides is 1. The quantitative estimate of drug-likeness (QED) is 0.428. The SMILES string of the molecule is Cc1ccc(-c2nnc(SCC(=O)N3CCN(S(=O)(=O)c4ccccc4)CC3)n2N)cc1. The second-order valence-corrected chi connectivity index (χ2v) is 10.3. The van der Waals surface area contributed by atoms with E-state index in [1.54, 1.807) is 35.2 Å². The van der Waals surface area contributed by atoms with Gasteiger partial charge in [-0.1, -0.05) is 59.8 Å². The maximum absolute atomic E-state index is 12.7. The monoisotopic (exact) mass is 472 g/mol. The summed E-state index contributed by atoms with van der Waals surface area (Å²) in [5.41, 5.74) is 1.98. The van der Waals surface area contributed by atoms with Gasteiger partial charge in [0.05, 0.1) is 10.6 Å². The smallest absolute Gasteiger partial charge is 0.243 e. The third-order valence-electron chi connectivity index (χ3n) is 5.27. The van der Waals surface area contributed by atoms with Crippen LogP contribution >= 0.6 is 11.8 Å². The Balaban J connectivity index is 1.33. The molecule has 1 amide bonds. The van der Waals surface area contributed by atoms with Crippen LogP contribution < -0.4 is 5.84 Å². The molecule has 1 aliphatic heterocycles. The van der Waals surface area contributed by atoms with E-state index in [9.17, 15) is 13.2 Å². The number of nitrogen functional groups attached to an aromatic ring is 1. The van der Waals surface area contributed by atoms with E-state index in [4.69, 9.17) is 5.84 Å². The lowest BCUT2D eigenvalue weighted by Gasteiger charge is -2.34.